The standard InChI is InChI=1S/C23H35N5O5S/c1-6-33-23(30)21(11-16(2)3)22(29)26-19-9-7-18(8-10-19)14-28-20(12-24-27-28)13-25-34(31,32)15-17(4)5/h7-10,12,16-17,21,25H,6,11,13-15H2,1-5H3,(H,26,29). The van der Waals surface area contributed by atoms with Gasteiger partial charge in [0.1, 0.15) is 5.92 Å². The predicted octanol–water partition coefficient (Wildman–Crippen LogP) is 2.57. The van der Waals surface area contributed by atoms with Gasteiger partial charge in [0.25, 0.3) is 0 Å². The SMILES string of the molecule is CCOC(=O)C(CC(C)C)C(=O)Nc1ccc(Cn2nncc2CNS(=O)(=O)CC(C)C)cc1. The number of esters is 1. The third-order valence-electron chi connectivity index (χ3n) is 4.87. The average Bonchev–Trinajstić information content (AvgIpc) is 3.18. The molecule has 0 aliphatic carbocycles. The Bertz CT molecular complexity index is 1050. The molecule has 2 rings (SSSR count). The number of anilines is 1. The van der Waals surface area contributed by atoms with Crippen LogP contribution in [0.4, 0.5) is 5.69 Å². The zero-order chi connectivity index (χ0) is 25.3. The first-order valence-electron chi connectivity index (χ1n) is 11.4. The smallest absolute Gasteiger partial charge is 0.318 e. The normalized spacial score (nSPS) is 12.7. The first kappa shape index (κ1) is 27.5. The van der Waals surface area contributed by atoms with E-state index in [0.29, 0.717) is 24.3 Å². The third kappa shape index (κ3) is 8.86. The molecule has 0 radical (unpaired) electrons. The molecule has 1 amide bonds. The van der Waals surface area contributed by atoms with Gasteiger partial charge in [-0.15, -0.1) is 5.10 Å². The largest absolute Gasteiger partial charge is 0.465 e. The molecule has 11 heteroatoms. The van der Waals surface area contributed by atoms with Gasteiger partial charge >= 0.3 is 5.97 Å². The van der Waals surface area contributed by atoms with Crippen LogP contribution < -0.4 is 10.0 Å². The maximum atomic E-state index is 12.7. The summed E-state index contributed by atoms with van der Waals surface area (Å²) in [6, 6.07) is 7.14. The maximum Gasteiger partial charge on any atom is 0.318 e. The maximum absolute atomic E-state index is 12.7. The van der Waals surface area contributed by atoms with Crippen molar-refractivity contribution in [1.29, 1.82) is 0 Å². The highest BCUT2D eigenvalue weighted by atomic mass is 32.2. The molecular weight excluding hydrogens is 458 g/mol. The third-order valence-corrected chi connectivity index (χ3v) is 6.56. The summed E-state index contributed by atoms with van der Waals surface area (Å²) in [7, 11) is -3.38. The zero-order valence-electron chi connectivity index (χ0n) is 20.4. The molecule has 188 valence electrons. The molecule has 1 aromatic carbocycles. The fourth-order valence-electron chi connectivity index (χ4n) is 3.35. The van der Waals surface area contributed by atoms with Gasteiger partial charge in [-0.3, -0.25) is 9.59 Å². The van der Waals surface area contributed by atoms with Crippen molar-refractivity contribution in [3.05, 3.63) is 41.7 Å². The Kier molecular flexibility index (Phi) is 10.2. The topological polar surface area (TPSA) is 132 Å². The summed E-state index contributed by atoms with van der Waals surface area (Å²) in [6.45, 7) is 10.00. The van der Waals surface area contributed by atoms with Gasteiger partial charge in [-0.2, -0.15) is 0 Å². The van der Waals surface area contributed by atoms with Crippen molar-refractivity contribution in [3.63, 3.8) is 0 Å². The van der Waals surface area contributed by atoms with E-state index in [-0.39, 0.29) is 30.7 Å². The summed E-state index contributed by atoms with van der Waals surface area (Å²) >= 11 is 0. The lowest BCUT2D eigenvalue weighted by molar-refractivity contribution is -0.151. The second-order valence-corrected chi connectivity index (χ2v) is 10.9. The molecular formula is C23H35N5O5S. The van der Waals surface area contributed by atoms with E-state index in [1.807, 2.05) is 39.8 Å². The lowest BCUT2D eigenvalue weighted by Gasteiger charge is -2.17. The van der Waals surface area contributed by atoms with E-state index in [2.05, 4.69) is 20.4 Å². The molecule has 1 heterocycles. The lowest BCUT2D eigenvalue weighted by Crippen LogP contribution is -2.32. The summed E-state index contributed by atoms with van der Waals surface area (Å²) in [6.07, 6.45) is 1.93. The van der Waals surface area contributed by atoms with Crippen LogP contribution in [-0.2, 0) is 37.4 Å². The van der Waals surface area contributed by atoms with E-state index in [4.69, 9.17) is 4.74 Å². The number of rotatable bonds is 13. The van der Waals surface area contributed by atoms with Gasteiger partial charge in [-0.25, -0.2) is 17.8 Å². The molecule has 0 saturated carbocycles. The Morgan fingerprint density at radius 2 is 1.76 bits per heavy atom. The van der Waals surface area contributed by atoms with E-state index >= 15 is 0 Å². The molecule has 1 atom stereocenters. The van der Waals surface area contributed by atoms with Gasteiger partial charge in [0, 0.05) is 5.69 Å². The van der Waals surface area contributed by atoms with E-state index < -0.39 is 27.8 Å². The summed E-state index contributed by atoms with van der Waals surface area (Å²) in [5.41, 5.74) is 2.08. The first-order valence-corrected chi connectivity index (χ1v) is 13.1. The van der Waals surface area contributed by atoms with Crippen molar-refractivity contribution in [3.8, 4) is 0 Å². The van der Waals surface area contributed by atoms with Gasteiger partial charge in [0.2, 0.25) is 15.9 Å². The number of ether oxygens (including phenoxy) is 1. The van der Waals surface area contributed by atoms with Crippen LogP contribution >= 0.6 is 0 Å². The number of benzene rings is 1. The molecule has 1 unspecified atom stereocenters. The molecule has 0 aliphatic rings. The molecule has 34 heavy (non-hydrogen) atoms. The highest BCUT2D eigenvalue weighted by Crippen LogP contribution is 2.18. The second-order valence-electron chi connectivity index (χ2n) is 9.00. The number of nitrogens with one attached hydrogen (secondary N) is 2. The summed E-state index contributed by atoms with van der Waals surface area (Å²) in [4.78, 5) is 24.9. The number of amides is 1. The van der Waals surface area contributed by atoms with E-state index in [1.165, 1.54) is 6.20 Å². The second kappa shape index (κ2) is 12.6. The van der Waals surface area contributed by atoms with Gasteiger partial charge in [0.05, 0.1) is 37.3 Å². The fourth-order valence-corrected chi connectivity index (χ4v) is 4.71. The van der Waals surface area contributed by atoms with Crippen molar-refractivity contribution >= 4 is 27.6 Å². The molecule has 2 N–H and O–H groups in total. The van der Waals surface area contributed by atoms with Gasteiger partial charge < -0.3 is 10.1 Å². The molecule has 0 aliphatic heterocycles. The van der Waals surface area contributed by atoms with Crippen LogP contribution in [0.25, 0.3) is 0 Å². The van der Waals surface area contributed by atoms with Crippen LogP contribution in [0.15, 0.2) is 30.5 Å². The van der Waals surface area contributed by atoms with Crippen molar-refractivity contribution in [2.75, 3.05) is 17.7 Å². The minimum Gasteiger partial charge on any atom is -0.465 e. The Labute approximate surface area is 201 Å². The predicted molar refractivity (Wildman–Crippen MR) is 129 cm³/mol. The number of hydrogen-bond acceptors (Lipinski definition) is 7. The van der Waals surface area contributed by atoms with Gasteiger partial charge in [-0.05, 0) is 42.9 Å². The van der Waals surface area contributed by atoms with E-state index in [9.17, 15) is 18.0 Å². The van der Waals surface area contributed by atoms with Gasteiger partial charge in [-0.1, -0.05) is 45.0 Å². The fraction of sp³-hybridized carbons (Fsp3) is 0.565. The van der Waals surface area contributed by atoms with Crippen LogP contribution in [0, 0.1) is 17.8 Å². The number of aromatic nitrogens is 3. The van der Waals surface area contributed by atoms with Crippen LogP contribution in [0.1, 0.15) is 52.3 Å². The molecule has 0 bridgehead atoms. The quantitative estimate of drug-likeness (QED) is 0.324. The van der Waals surface area contributed by atoms with Crippen LogP contribution in [0.2, 0.25) is 0 Å². The number of nitrogens with zero attached hydrogens (tertiary/aromatic N) is 3. The van der Waals surface area contributed by atoms with E-state index in [0.717, 1.165) is 5.56 Å². The average molecular weight is 494 g/mol. The summed E-state index contributed by atoms with van der Waals surface area (Å²) < 4.78 is 33.4. The lowest BCUT2D eigenvalue weighted by atomic mass is 9.96. The Morgan fingerprint density at radius 1 is 1.09 bits per heavy atom. The van der Waals surface area contributed by atoms with Crippen molar-refractivity contribution < 1.29 is 22.7 Å². The molecule has 1 aromatic heterocycles. The number of hydrogen-bond donors (Lipinski definition) is 2. The minimum absolute atomic E-state index is 0.0254. The van der Waals surface area contributed by atoms with Crippen LogP contribution in [-0.4, -0.2) is 47.6 Å². The van der Waals surface area contributed by atoms with Crippen LogP contribution in [0.3, 0.4) is 0 Å². The van der Waals surface area contributed by atoms with Crippen molar-refractivity contribution in [2.24, 2.45) is 17.8 Å². The number of carbonyl (C=O) groups is 2. The highest BCUT2D eigenvalue weighted by Gasteiger charge is 2.29. The molecule has 0 spiro atoms. The minimum atomic E-state index is -3.38. The molecule has 0 fully saturated rings. The Morgan fingerprint density at radius 3 is 2.35 bits per heavy atom. The summed E-state index contributed by atoms with van der Waals surface area (Å²) in [5.74, 6) is -1.54. The van der Waals surface area contributed by atoms with Crippen molar-refractivity contribution in [1.82, 2.24) is 19.7 Å². The van der Waals surface area contributed by atoms with Crippen LogP contribution in [0.5, 0.6) is 0 Å². The van der Waals surface area contributed by atoms with Gasteiger partial charge in [0.15, 0.2) is 0 Å². The number of sulfonamides is 1. The molecule has 2 aromatic rings. The number of carbonyl (C=O) groups excluding carboxylic acids is 2. The first-order chi connectivity index (χ1) is 16.0. The molecule has 0 saturated heterocycles. The molecule has 10 nitrogen and oxygen atoms in total. The monoisotopic (exact) mass is 493 g/mol. The Hall–Kier alpha value is -2.79. The Balaban J connectivity index is 2.01. The van der Waals surface area contributed by atoms with Crippen molar-refractivity contribution in [2.45, 2.75) is 54.1 Å². The summed E-state index contributed by atoms with van der Waals surface area (Å²) in [5, 5.41) is 10.7. The highest BCUT2D eigenvalue weighted by molar-refractivity contribution is 7.89. The zero-order valence-corrected chi connectivity index (χ0v) is 21.3. The van der Waals surface area contributed by atoms with E-state index in [1.54, 1.807) is 23.7 Å².